The SMILES string of the molecule is CCOC(=O)c1c(NC(=S)Nc2ccc(C)c(F)c2)sc(C)c1C. The van der Waals surface area contributed by atoms with Gasteiger partial charge in [0.1, 0.15) is 10.8 Å². The standard InChI is InChI=1S/C17H19FN2O2S2/c1-5-22-16(21)14-10(3)11(4)24-15(14)20-17(23)19-12-7-6-9(2)13(18)8-12/h6-8H,5H2,1-4H3,(H2,19,20,23). The van der Waals surface area contributed by atoms with Crippen molar-refractivity contribution in [2.24, 2.45) is 0 Å². The summed E-state index contributed by atoms with van der Waals surface area (Å²) >= 11 is 6.69. The van der Waals surface area contributed by atoms with Gasteiger partial charge in [-0.1, -0.05) is 6.07 Å². The number of esters is 1. The second-order valence-electron chi connectivity index (χ2n) is 5.25. The molecule has 0 radical (unpaired) electrons. The zero-order chi connectivity index (χ0) is 17.9. The Morgan fingerprint density at radius 3 is 2.62 bits per heavy atom. The Bertz CT molecular complexity index is 787. The van der Waals surface area contributed by atoms with E-state index in [1.165, 1.54) is 17.4 Å². The fraction of sp³-hybridized carbons (Fsp3) is 0.294. The van der Waals surface area contributed by atoms with E-state index in [-0.39, 0.29) is 16.9 Å². The van der Waals surface area contributed by atoms with Crippen LogP contribution in [0, 0.1) is 26.6 Å². The van der Waals surface area contributed by atoms with Crippen molar-refractivity contribution in [3.8, 4) is 0 Å². The molecule has 0 aliphatic heterocycles. The van der Waals surface area contributed by atoms with Gasteiger partial charge in [-0.3, -0.25) is 0 Å². The molecule has 1 heterocycles. The highest BCUT2D eigenvalue weighted by Crippen LogP contribution is 2.33. The highest BCUT2D eigenvalue weighted by molar-refractivity contribution is 7.80. The number of halogens is 1. The van der Waals surface area contributed by atoms with E-state index >= 15 is 0 Å². The lowest BCUT2D eigenvalue weighted by molar-refractivity contribution is 0.0527. The molecule has 0 saturated heterocycles. The largest absolute Gasteiger partial charge is 0.462 e. The monoisotopic (exact) mass is 366 g/mol. The van der Waals surface area contributed by atoms with Gasteiger partial charge < -0.3 is 15.4 Å². The zero-order valence-corrected chi connectivity index (χ0v) is 15.6. The van der Waals surface area contributed by atoms with E-state index in [1.54, 1.807) is 26.0 Å². The first-order valence-electron chi connectivity index (χ1n) is 7.44. The molecule has 7 heteroatoms. The summed E-state index contributed by atoms with van der Waals surface area (Å²) < 4.78 is 18.7. The molecule has 2 aromatic rings. The van der Waals surface area contributed by atoms with Crippen LogP contribution in [0.25, 0.3) is 0 Å². The molecular formula is C17H19FN2O2S2. The summed E-state index contributed by atoms with van der Waals surface area (Å²) in [5, 5.41) is 6.83. The normalized spacial score (nSPS) is 10.4. The Kier molecular flexibility index (Phi) is 5.90. The van der Waals surface area contributed by atoms with Crippen LogP contribution >= 0.6 is 23.6 Å². The number of aryl methyl sites for hydroxylation is 2. The molecular weight excluding hydrogens is 347 g/mol. The van der Waals surface area contributed by atoms with Crippen molar-refractivity contribution in [1.82, 2.24) is 0 Å². The van der Waals surface area contributed by atoms with E-state index in [1.807, 2.05) is 13.8 Å². The number of carbonyl (C=O) groups is 1. The Morgan fingerprint density at radius 2 is 2.00 bits per heavy atom. The van der Waals surface area contributed by atoms with Crippen LogP contribution in [0.2, 0.25) is 0 Å². The number of hydrogen-bond donors (Lipinski definition) is 2. The molecule has 2 rings (SSSR count). The molecule has 0 spiro atoms. The smallest absolute Gasteiger partial charge is 0.341 e. The van der Waals surface area contributed by atoms with E-state index in [4.69, 9.17) is 17.0 Å². The van der Waals surface area contributed by atoms with E-state index in [0.29, 0.717) is 28.4 Å². The van der Waals surface area contributed by atoms with Crippen LogP contribution in [0.3, 0.4) is 0 Å². The summed E-state index contributed by atoms with van der Waals surface area (Å²) in [6.45, 7) is 7.56. The van der Waals surface area contributed by atoms with Crippen LogP contribution < -0.4 is 10.6 Å². The topological polar surface area (TPSA) is 50.4 Å². The molecule has 0 fully saturated rings. The van der Waals surface area contributed by atoms with Crippen LogP contribution in [-0.4, -0.2) is 17.7 Å². The maximum atomic E-state index is 13.6. The molecule has 1 aromatic heterocycles. The first-order chi connectivity index (χ1) is 11.3. The Labute approximate surface area is 150 Å². The van der Waals surface area contributed by atoms with Crippen LogP contribution in [0.1, 0.15) is 33.3 Å². The molecule has 0 bridgehead atoms. The van der Waals surface area contributed by atoms with E-state index in [2.05, 4.69) is 10.6 Å². The quantitative estimate of drug-likeness (QED) is 0.601. The number of thiophene rings is 1. The molecule has 4 nitrogen and oxygen atoms in total. The van der Waals surface area contributed by atoms with Crippen LogP contribution in [0.4, 0.5) is 15.1 Å². The van der Waals surface area contributed by atoms with Gasteiger partial charge in [0, 0.05) is 10.6 Å². The first kappa shape index (κ1) is 18.4. The van der Waals surface area contributed by atoms with Gasteiger partial charge in [0.25, 0.3) is 0 Å². The Morgan fingerprint density at radius 1 is 1.29 bits per heavy atom. The van der Waals surface area contributed by atoms with Crippen molar-refractivity contribution in [3.63, 3.8) is 0 Å². The molecule has 0 atom stereocenters. The molecule has 0 aliphatic carbocycles. The molecule has 0 aliphatic rings. The number of hydrogen-bond acceptors (Lipinski definition) is 4. The highest BCUT2D eigenvalue weighted by atomic mass is 32.1. The summed E-state index contributed by atoms with van der Waals surface area (Å²) in [6.07, 6.45) is 0. The minimum atomic E-state index is -0.383. The third kappa shape index (κ3) is 4.10. The van der Waals surface area contributed by atoms with Crippen molar-refractivity contribution >= 4 is 45.3 Å². The average Bonchev–Trinajstić information content (AvgIpc) is 2.77. The number of benzene rings is 1. The van der Waals surface area contributed by atoms with Crippen LogP contribution in [0.5, 0.6) is 0 Å². The molecule has 2 N–H and O–H groups in total. The van der Waals surface area contributed by atoms with Crippen LogP contribution in [-0.2, 0) is 4.74 Å². The Hall–Kier alpha value is -1.99. The van der Waals surface area contributed by atoms with Crippen molar-refractivity contribution in [3.05, 3.63) is 45.6 Å². The number of carbonyl (C=O) groups excluding carboxylic acids is 1. The van der Waals surface area contributed by atoms with Crippen molar-refractivity contribution in [2.75, 3.05) is 17.2 Å². The van der Waals surface area contributed by atoms with Crippen molar-refractivity contribution in [1.29, 1.82) is 0 Å². The number of nitrogens with one attached hydrogen (secondary N) is 2. The summed E-state index contributed by atoms with van der Waals surface area (Å²) in [4.78, 5) is 13.2. The molecule has 0 unspecified atom stereocenters. The first-order valence-corrected chi connectivity index (χ1v) is 8.67. The predicted molar refractivity (Wildman–Crippen MR) is 101 cm³/mol. The maximum Gasteiger partial charge on any atom is 0.341 e. The zero-order valence-electron chi connectivity index (χ0n) is 14.0. The van der Waals surface area contributed by atoms with E-state index in [0.717, 1.165) is 10.4 Å². The fourth-order valence-electron chi connectivity index (χ4n) is 2.10. The predicted octanol–water partition coefficient (Wildman–Crippen LogP) is 4.80. The van der Waals surface area contributed by atoms with Crippen molar-refractivity contribution in [2.45, 2.75) is 27.7 Å². The maximum absolute atomic E-state index is 13.6. The second-order valence-corrected chi connectivity index (χ2v) is 6.88. The molecule has 128 valence electrons. The van der Waals surface area contributed by atoms with Gasteiger partial charge in [0.2, 0.25) is 0 Å². The summed E-state index contributed by atoms with van der Waals surface area (Å²) in [7, 11) is 0. The highest BCUT2D eigenvalue weighted by Gasteiger charge is 2.21. The van der Waals surface area contributed by atoms with Gasteiger partial charge in [-0.05, 0) is 63.2 Å². The van der Waals surface area contributed by atoms with Gasteiger partial charge in [-0.15, -0.1) is 11.3 Å². The number of thiocarbonyl (C=S) groups is 1. The lowest BCUT2D eigenvalue weighted by atomic mass is 10.1. The van der Waals surface area contributed by atoms with E-state index < -0.39 is 0 Å². The van der Waals surface area contributed by atoms with Crippen molar-refractivity contribution < 1.29 is 13.9 Å². The lowest BCUT2D eigenvalue weighted by Gasteiger charge is -2.11. The van der Waals surface area contributed by atoms with Gasteiger partial charge >= 0.3 is 5.97 Å². The van der Waals surface area contributed by atoms with Gasteiger partial charge in [-0.2, -0.15) is 0 Å². The van der Waals surface area contributed by atoms with Crippen LogP contribution in [0.15, 0.2) is 18.2 Å². The summed E-state index contributed by atoms with van der Waals surface area (Å²) in [6, 6.07) is 4.79. The molecule has 24 heavy (non-hydrogen) atoms. The fourth-order valence-corrected chi connectivity index (χ4v) is 3.44. The van der Waals surface area contributed by atoms with Gasteiger partial charge in [0.15, 0.2) is 5.11 Å². The summed E-state index contributed by atoms with van der Waals surface area (Å²) in [5.74, 6) is -0.691. The van der Waals surface area contributed by atoms with Gasteiger partial charge in [0.05, 0.1) is 12.2 Å². The van der Waals surface area contributed by atoms with E-state index in [9.17, 15) is 9.18 Å². The number of ether oxygens (including phenoxy) is 1. The summed E-state index contributed by atoms with van der Waals surface area (Å²) in [5.41, 5.74) is 2.45. The molecule has 0 saturated carbocycles. The minimum absolute atomic E-state index is 0.282. The van der Waals surface area contributed by atoms with Gasteiger partial charge in [-0.25, -0.2) is 9.18 Å². The third-order valence-electron chi connectivity index (χ3n) is 3.52. The minimum Gasteiger partial charge on any atom is -0.462 e. The third-order valence-corrected chi connectivity index (χ3v) is 4.85. The lowest BCUT2D eigenvalue weighted by Crippen LogP contribution is -2.20. The molecule has 1 aromatic carbocycles. The number of anilines is 2. The number of rotatable bonds is 4. The molecule has 0 amide bonds. The second kappa shape index (κ2) is 7.72. The average molecular weight is 366 g/mol. The Balaban J connectivity index is 2.18.